The van der Waals surface area contributed by atoms with Gasteiger partial charge in [-0.05, 0) is 18.9 Å². The quantitative estimate of drug-likeness (QED) is 0.707. The first kappa shape index (κ1) is 14.2. The van der Waals surface area contributed by atoms with Gasteiger partial charge in [-0.3, -0.25) is 19.1 Å². The first-order chi connectivity index (χ1) is 8.45. The monoisotopic (exact) mass is 254 g/mol. The van der Waals surface area contributed by atoms with Crippen molar-refractivity contribution < 1.29 is 14.4 Å². The van der Waals surface area contributed by atoms with Gasteiger partial charge in [0.15, 0.2) is 6.61 Å². The van der Waals surface area contributed by atoms with Crippen LogP contribution in [0.3, 0.4) is 0 Å². The highest BCUT2D eigenvalue weighted by Gasteiger charge is 2.16. The zero-order valence-electron chi connectivity index (χ0n) is 10.8. The van der Waals surface area contributed by atoms with Crippen LogP contribution in [0.15, 0.2) is 6.07 Å². The van der Waals surface area contributed by atoms with E-state index in [1.54, 1.807) is 10.7 Å². The normalized spacial score (nSPS) is 10.7. The largest absolute Gasteiger partial charge is 0.368 e. The SMILES string of the molecule is CCn1nc(C(C)C)cc1C(=O)NOCC(N)=O. The average molecular weight is 254 g/mol. The zero-order valence-corrected chi connectivity index (χ0v) is 10.8. The van der Waals surface area contributed by atoms with Gasteiger partial charge in [-0.15, -0.1) is 0 Å². The van der Waals surface area contributed by atoms with Crippen LogP contribution in [0.4, 0.5) is 0 Å². The number of nitrogens with two attached hydrogens (primary N) is 1. The van der Waals surface area contributed by atoms with Crippen molar-refractivity contribution in [2.75, 3.05) is 6.61 Å². The molecule has 0 aromatic carbocycles. The Labute approximate surface area is 105 Å². The summed E-state index contributed by atoms with van der Waals surface area (Å²) in [6, 6.07) is 1.71. The Kier molecular flexibility index (Phi) is 4.85. The van der Waals surface area contributed by atoms with E-state index in [0.29, 0.717) is 12.2 Å². The summed E-state index contributed by atoms with van der Waals surface area (Å²) in [5.41, 5.74) is 8.27. The van der Waals surface area contributed by atoms with Crippen molar-refractivity contribution in [2.45, 2.75) is 33.2 Å². The Morgan fingerprint density at radius 2 is 2.22 bits per heavy atom. The number of hydroxylamine groups is 1. The average Bonchev–Trinajstić information content (AvgIpc) is 2.72. The van der Waals surface area contributed by atoms with Gasteiger partial charge in [0.25, 0.3) is 5.91 Å². The highest BCUT2D eigenvalue weighted by molar-refractivity contribution is 5.92. The second-order valence-corrected chi connectivity index (χ2v) is 4.11. The second kappa shape index (κ2) is 6.15. The number of amides is 2. The van der Waals surface area contributed by atoms with Crippen molar-refractivity contribution in [1.82, 2.24) is 15.3 Å². The number of aryl methyl sites for hydroxylation is 1. The van der Waals surface area contributed by atoms with Crippen molar-refractivity contribution in [3.8, 4) is 0 Å². The third-order valence-corrected chi connectivity index (χ3v) is 2.30. The van der Waals surface area contributed by atoms with Crippen molar-refractivity contribution >= 4 is 11.8 Å². The molecule has 0 saturated carbocycles. The molecule has 1 rings (SSSR count). The van der Waals surface area contributed by atoms with Gasteiger partial charge in [0.05, 0.1) is 5.69 Å². The lowest BCUT2D eigenvalue weighted by atomic mass is 10.1. The maximum absolute atomic E-state index is 11.8. The van der Waals surface area contributed by atoms with Crippen LogP contribution in [0, 0.1) is 0 Å². The molecule has 1 aromatic rings. The van der Waals surface area contributed by atoms with Crippen LogP contribution in [0.1, 0.15) is 42.9 Å². The van der Waals surface area contributed by atoms with E-state index in [1.165, 1.54) is 0 Å². The molecule has 1 aromatic heterocycles. The number of rotatable bonds is 6. The van der Waals surface area contributed by atoms with Gasteiger partial charge in [-0.25, -0.2) is 5.48 Å². The lowest BCUT2D eigenvalue weighted by molar-refractivity contribution is -0.124. The van der Waals surface area contributed by atoms with Gasteiger partial charge >= 0.3 is 0 Å². The molecular weight excluding hydrogens is 236 g/mol. The summed E-state index contributed by atoms with van der Waals surface area (Å²) in [5.74, 6) is -0.865. The van der Waals surface area contributed by atoms with Gasteiger partial charge in [0.1, 0.15) is 5.69 Å². The molecule has 100 valence electrons. The van der Waals surface area contributed by atoms with E-state index in [1.807, 2.05) is 20.8 Å². The number of carbonyl (C=O) groups is 2. The van der Waals surface area contributed by atoms with Crippen LogP contribution in [-0.4, -0.2) is 28.2 Å². The molecule has 0 atom stereocenters. The molecule has 0 unspecified atom stereocenters. The molecule has 18 heavy (non-hydrogen) atoms. The highest BCUT2D eigenvalue weighted by Crippen LogP contribution is 2.14. The molecule has 1 heterocycles. The van der Waals surface area contributed by atoms with E-state index < -0.39 is 11.8 Å². The van der Waals surface area contributed by atoms with Gasteiger partial charge in [0.2, 0.25) is 5.91 Å². The van der Waals surface area contributed by atoms with E-state index in [9.17, 15) is 9.59 Å². The van der Waals surface area contributed by atoms with Gasteiger partial charge in [-0.2, -0.15) is 5.10 Å². The minimum atomic E-state index is -0.651. The topological polar surface area (TPSA) is 99.2 Å². The molecule has 7 nitrogen and oxygen atoms in total. The van der Waals surface area contributed by atoms with E-state index in [0.717, 1.165) is 5.69 Å². The zero-order chi connectivity index (χ0) is 13.7. The van der Waals surface area contributed by atoms with Gasteiger partial charge < -0.3 is 5.73 Å². The van der Waals surface area contributed by atoms with Crippen LogP contribution in [-0.2, 0) is 16.2 Å². The fraction of sp³-hybridized carbons (Fsp3) is 0.545. The van der Waals surface area contributed by atoms with Crippen molar-refractivity contribution in [3.63, 3.8) is 0 Å². The maximum atomic E-state index is 11.8. The Bertz CT molecular complexity index is 439. The molecule has 0 fully saturated rings. The number of aromatic nitrogens is 2. The number of nitrogens with zero attached hydrogens (tertiary/aromatic N) is 2. The van der Waals surface area contributed by atoms with Crippen molar-refractivity contribution in [1.29, 1.82) is 0 Å². The Morgan fingerprint density at radius 3 is 2.72 bits per heavy atom. The van der Waals surface area contributed by atoms with Crippen molar-refractivity contribution in [3.05, 3.63) is 17.5 Å². The minimum Gasteiger partial charge on any atom is -0.368 e. The summed E-state index contributed by atoms with van der Waals surface area (Å²) < 4.78 is 1.58. The van der Waals surface area contributed by atoms with Crippen LogP contribution < -0.4 is 11.2 Å². The van der Waals surface area contributed by atoms with E-state index in [-0.39, 0.29) is 12.5 Å². The lowest BCUT2D eigenvalue weighted by Crippen LogP contribution is -2.30. The summed E-state index contributed by atoms with van der Waals surface area (Å²) >= 11 is 0. The summed E-state index contributed by atoms with van der Waals surface area (Å²) in [6.07, 6.45) is 0. The molecule has 0 radical (unpaired) electrons. The number of carbonyl (C=O) groups excluding carboxylic acids is 2. The molecule has 0 bridgehead atoms. The lowest BCUT2D eigenvalue weighted by Gasteiger charge is -2.05. The third kappa shape index (κ3) is 3.56. The van der Waals surface area contributed by atoms with E-state index >= 15 is 0 Å². The molecule has 0 aliphatic carbocycles. The summed E-state index contributed by atoms with van der Waals surface area (Å²) in [7, 11) is 0. The van der Waals surface area contributed by atoms with Crippen LogP contribution >= 0.6 is 0 Å². The summed E-state index contributed by atoms with van der Waals surface area (Å²) in [4.78, 5) is 26.9. The number of hydrogen-bond acceptors (Lipinski definition) is 4. The molecule has 0 aliphatic rings. The molecular formula is C11H18N4O3. The van der Waals surface area contributed by atoms with Crippen LogP contribution in [0.2, 0.25) is 0 Å². The molecule has 0 saturated heterocycles. The van der Waals surface area contributed by atoms with Crippen LogP contribution in [0.25, 0.3) is 0 Å². The van der Waals surface area contributed by atoms with E-state index in [2.05, 4.69) is 15.4 Å². The molecule has 7 heteroatoms. The van der Waals surface area contributed by atoms with Crippen molar-refractivity contribution in [2.24, 2.45) is 5.73 Å². The number of primary amides is 1. The predicted molar refractivity (Wildman–Crippen MR) is 64.6 cm³/mol. The molecule has 2 amide bonds. The standard InChI is InChI=1S/C11H18N4O3/c1-4-15-9(5-8(13-15)7(2)3)11(17)14-18-6-10(12)16/h5,7H,4,6H2,1-3H3,(H2,12,16)(H,14,17). The summed E-state index contributed by atoms with van der Waals surface area (Å²) in [5, 5.41) is 4.30. The first-order valence-electron chi connectivity index (χ1n) is 5.73. The molecule has 0 aliphatic heterocycles. The smallest absolute Gasteiger partial charge is 0.293 e. The molecule has 3 N–H and O–H groups in total. The van der Waals surface area contributed by atoms with Crippen LogP contribution in [0.5, 0.6) is 0 Å². The molecule has 0 spiro atoms. The van der Waals surface area contributed by atoms with Gasteiger partial charge in [0, 0.05) is 6.54 Å². The Balaban J connectivity index is 2.74. The first-order valence-corrected chi connectivity index (χ1v) is 5.73. The third-order valence-electron chi connectivity index (χ3n) is 2.30. The predicted octanol–water partition coefficient (Wildman–Crippen LogP) is 0.173. The highest BCUT2D eigenvalue weighted by atomic mass is 16.7. The second-order valence-electron chi connectivity index (χ2n) is 4.11. The Hall–Kier alpha value is -1.89. The number of nitrogens with one attached hydrogen (secondary N) is 1. The van der Waals surface area contributed by atoms with E-state index in [4.69, 9.17) is 5.73 Å². The van der Waals surface area contributed by atoms with Gasteiger partial charge in [-0.1, -0.05) is 13.8 Å². The fourth-order valence-corrected chi connectivity index (χ4v) is 1.37. The minimum absolute atomic E-state index is 0.232. The maximum Gasteiger partial charge on any atom is 0.293 e. The summed E-state index contributed by atoms with van der Waals surface area (Å²) in [6.45, 7) is 6.09. The number of hydrogen-bond donors (Lipinski definition) is 2. The fourth-order valence-electron chi connectivity index (χ4n) is 1.37. The Morgan fingerprint density at radius 1 is 1.56 bits per heavy atom.